The number of aromatic nitrogens is 1. The topological polar surface area (TPSA) is 162 Å². The number of aryl methyl sites for hydroxylation is 1. The van der Waals surface area contributed by atoms with E-state index in [2.05, 4.69) is 15.6 Å². The lowest BCUT2D eigenvalue weighted by Crippen LogP contribution is -2.56. The summed E-state index contributed by atoms with van der Waals surface area (Å²) in [6, 6.07) is 31.2. The first kappa shape index (κ1) is 44.6. The molecule has 0 saturated carbocycles. The number of esters is 1. The van der Waals surface area contributed by atoms with Gasteiger partial charge >= 0.3 is 5.97 Å². The summed E-state index contributed by atoms with van der Waals surface area (Å²) in [5, 5.41) is 6.37. The van der Waals surface area contributed by atoms with Gasteiger partial charge in [0.15, 0.2) is 26.9 Å². The molecule has 2 aliphatic heterocycles. The molecule has 64 heavy (non-hydrogen) atoms. The van der Waals surface area contributed by atoms with Crippen molar-refractivity contribution < 1.29 is 41.7 Å². The summed E-state index contributed by atoms with van der Waals surface area (Å²) in [5.74, 6) is -0.326. The molecule has 0 saturated heterocycles. The van der Waals surface area contributed by atoms with Crippen LogP contribution in [-0.2, 0) is 55.1 Å². The third kappa shape index (κ3) is 9.88. The first-order chi connectivity index (χ1) is 30.7. The highest BCUT2D eigenvalue weighted by Crippen LogP contribution is 2.42. The summed E-state index contributed by atoms with van der Waals surface area (Å²) in [7, 11) is -3.21. The van der Waals surface area contributed by atoms with E-state index in [4.69, 9.17) is 42.1 Å². The Balaban J connectivity index is 1.04. The van der Waals surface area contributed by atoms with E-state index >= 15 is 0 Å². The smallest absolute Gasteiger partial charge is 0.328 e. The minimum Gasteiger partial charge on any atom is -0.489 e. The van der Waals surface area contributed by atoms with Gasteiger partial charge < -0.3 is 29.6 Å². The quantitative estimate of drug-likeness (QED) is 0.107. The Kier molecular flexibility index (Phi) is 13.3. The molecule has 2 N–H and O–H groups in total. The van der Waals surface area contributed by atoms with Gasteiger partial charge in [-0.3, -0.25) is 9.59 Å². The van der Waals surface area contributed by atoms with E-state index in [9.17, 15) is 22.8 Å². The summed E-state index contributed by atoms with van der Waals surface area (Å²) in [5.41, 5.74) is 5.87. The van der Waals surface area contributed by atoms with Gasteiger partial charge in [-0.1, -0.05) is 107 Å². The molecule has 0 fully saturated rings. The highest BCUT2D eigenvalue weighted by Gasteiger charge is 2.43. The van der Waals surface area contributed by atoms with Crippen molar-refractivity contribution in [1.29, 1.82) is 0 Å². The molecule has 6 aromatic rings. The van der Waals surface area contributed by atoms with Crippen LogP contribution in [0.3, 0.4) is 0 Å². The zero-order valence-corrected chi connectivity index (χ0v) is 37.9. The first-order valence-electron chi connectivity index (χ1n) is 20.2. The van der Waals surface area contributed by atoms with E-state index in [1.165, 1.54) is 21.0 Å². The van der Waals surface area contributed by atoms with Crippen LogP contribution >= 0.6 is 34.5 Å². The van der Waals surface area contributed by atoms with E-state index in [1.807, 2.05) is 84.9 Å². The van der Waals surface area contributed by atoms with Gasteiger partial charge in [0.05, 0.1) is 22.8 Å². The molecule has 2 amide bonds. The molecule has 0 aliphatic carbocycles. The van der Waals surface area contributed by atoms with Crippen LogP contribution in [0.5, 0.6) is 17.2 Å². The summed E-state index contributed by atoms with van der Waals surface area (Å²) < 4.78 is 54.1. The fourth-order valence-electron chi connectivity index (χ4n) is 7.58. The van der Waals surface area contributed by atoms with E-state index in [0.29, 0.717) is 45.0 Å². The van der Waals surface area contributed by atoms with Crippen molar-refractivity contribution in [3.05, 3.63) is 153 Å². The molecule has 1 aromatic heterocycles. The van der Waals surface area contributed by atoms with Crippen molar-refractivity contribution >= 4 is 67.5 Å². The van der Waals surface area contributed by atoms with Crippen LogP contribution in [-0.4, -0.2) is 61.3 Å². The number of carbonyl (C=O) groups excluding carboxylic acids is 3. The molecule has 8 rings (SSSR count). The van der Waals surface area contributed by atoms with Crippen LogP contribution in [0, 0.1) is 6.92 Å². The Hall–Kier alpha value is -5.97. The van der Waals surface area contributed by atoms with Crippen molar-refractivity contribution in [3.63, 3.8) is 0 Å². The van der Waals surface area contributed by atoms with Crippen LogP contribution in [0.2, 0.25) is 10.0 Å². The summed E-state index contributed by atoms with van der Waals surface area (Å²) in [6.07, 6.45) is -0.458. The predicted octanol–water partition coefficient (Wildman–Crippen LogP) is 8.49. The molecule has 0 radical (unpaired) electrons. The van der Waals surface area contributed by atoms with Gasteiger partial charge in [-0.25, -0.2) is 18.2 Å². The molecule has 3 atom stereocenters. The van der Waals surface area contributed by atoms with Gasteiger partial charge in [0.2, 0.25) is 11.8 Å². The number of ether oxygens (including phenoxy) is 4. The lowest BCUT2D eigenvalue weighted by Gasteiger charge is -2.36. The second-order valence-corrected chi connectivity index (χ2v) is 19.2. The van der Waals surface area contributed by atoms with Gasteiger partial charge in [-0.2, -0.15) is 4.31 Å². The number of anilines is 1. The predicted molar refractivity (Wildman–Crippen MR) is 243 cm³/mol. The third-order valence-corrected chi connectivity index (χ3v) is 15.1. The number of carbonyl (C=O) groups is 3. The molecular formula is C47H42Cl2N4O9S2. The lowest BCUT2D eigenvalue weighted by molar-refractivity contribution is -0.145. The van der Waals surface area contributed by atoms with Crippen LogP contribution in [0.15, 0.2) is 113 Å². The minimum atomic E-state index is -4.44. The Morgan fingerprint density at radius 3 is 2.30 bits per heavy atom. The Bertz CT molecular complexity index is 2820. The molecule has 5 aromatic carbocycles. The maximum atomic E-state index is 14.7. The molecule has 3 unspecified atom stereocenters. The van der Waals surface area contributed by atoms with Crippen molar-refractivity contribution in [2.45, 2.75) is 62.2 Å². The number of methoxy groups -OCH3 is 1. The fraction of sp³-hybridized carbons (Fsp3) is 0.234. The summed E-state index contributed by atoms with van der Waals surface area (Å²) in [4.78, 5) is 43.8. The number of hydrogen-bond acceptors (Lipinski definition) is 11. The van der Waals surface area contributed by atoms with Crippen LogP contribution in [0.4, 0.5) is 5.13 Å². The number of thiazole rings is 1. The minimum absolute atomic E-state index is 0.0553. The molecule has 13 nitrogen and oxygen atoms in total. The highest BCUT2D eigenvalue weighted by molar-refractivity contribution is 7.91. The molecule has 0 bridgehead atoms. The largest absolute Gasteiger partial charge is 0.489 e. The average molecular weight is 942 g/mol. The van der Waals surface area contributed by atoms with E-state index in [1.54, 1.807) is 24.3 Å². The number of amides is 2. The van der Waals surface area contributed by atoms with Gasteiger partial charge in [-0.15, -0.1) is 0 Å². The first-order valence-corrected chi connectivity index (χ1v) is 23.2. The monoisotopic (exact) mass is 940 g/mol. The lowest BCUT2D eigenvalue weighted by atomic mass is 9.94. The van der Waals surface area contributed by atoms with E-state index in [0.717, 1.165) is 43.5 Å². The van der Waals surface area contributed by atoms with E-state index < -0.39 is 46.0 Å². The van der Waals surface area contributed by atoms with E-state index in [-0.39, 0.29) is 41.0 Å². The van der Waals surface area contributed by atoms with Gasteiger partial charge in [0.1, 0.15) is 31.0 Å². The van der Waals surface area contributed by atoms with Gasteiger partial charge in [-0.05, 0) is 88.7 Å². The summed E-state index contributed by atoms with van der Waals surface area (Å²) >= 11 is 13.0. The van der Waals surface area contributed by atoms with Crippen LogP contribution < -0.4 is 24.8 Å². The number of benzene rings is 5. The summed E-state index contributed by atoms with van der Waals surface area (Å²) in [6.45, 7) is 3.08. The standard InChI is InChI=1S/C47H42Cl2N4O9S2/c1-27-46(63-47(50-27)51-28(2)54)64(57,58)53-24-35-23-42-41(61-26-43(62-42)33-14-16-36(17-15-33)60-25-30-11-18-37(48)38(49)19-30)22-34(35)21-40(53)44(55)52-39(45(56)59-3)20-29-9-12-32(13-10-29)31-7-5-4-6-8-31/h4-19,22-23,39-40,43H,20-21,24-26H2,1-3H3,(H,52,55)(H,50,51,54). The molecule has 3 heterocycles. The molecule has 17 heteroatoms. The normalized spacial score (nSPS) is 16.3. The number of sulfonamides is 1. The SMILES string of the molecule is COC(=O)C(Cc1ccc(-c2ccccc2)cc1)NC(=O)C1Cc2cc3c(cc2CN1S(=O)(=O)c1sc(NC(C)=O)nc1C)OC(c1ccc(OCc2ccc(Cl)c(Cl)c2)cc1)CO3. The molecular weight excluding hydrogens is 900 g/mol. The Morgan fingerprint density at radius 1 is 0.891 bits per heavy atom. The number of nitrogens with zero attached hydrogens (tertiary/aromatic N) is 2. The zero-order valence-electron chi connectivity index (χ0n) is 34.8. The van der Waals surface area contributed by atoms with Crippen LogP contribution in [0.1, 0.15) is 46.5 Å². The molecule has 2 aliphatic rings. The molecule has 0 spiro atoms. The number of hydrogen-bond donors (Lipinski definition) is 2. The number of halogens is 2. The second kappa shape index (κ2) is 19.0. The average Bonchev–Trinajstić information content (AvgIpc) is 3.67. The van der Waals surface area contributed by atoms with Crippen molar-refractivity contribution in [2.75, 3.05) is 19.0 Å². The zero-order chi connectivity index (χ0) is 45.1. The Labute approximate surface area is 384 Å². The maximum absolute atomic E-state index is 14.7. The maximum Gasteiger partial charge on any atom is 0.328 e. The Morgan fingerprint density at radius 2 is 1.59 bits per heavy atom. The fourth-order valence-corrected chi connectivity index (χ4v) is 11.0. The number of fused-ring (bicyclic) bond motifs is 2. The number of rotatable bonds is 13. The number of nitrogens with one attached hydrogen (secondary N) is 2. The van der Waals surface area contributed by atoms with Crippen LogP contribution in [0.25, 0.3) is 11.1 Å². The molecule has 330 valence electrons. The third-order valence-electron chi connectivity index (χ3n) is 10.8. The van der Waals surface area contributed by atoms with Gasteiger partial charge in [0, 0.05) is 19.9 Å². The van der Waals surface area contributed by atoms with Crippen molar-refractivity contribution in [1.82, 2.24) is 14.6 Å². The van der Waals surface area contributed by atoms with Crippen molar-refractivity contribution in [3.8, 4) is 28.4 Å². The highest BCUT2D eigenvalue weighted by atomic mass is 35.5. The second-order valence-electron chi connectivity index (χ2n) is 15.3. The van der Waals surface area contributed by atoms with Gasteiger partial charge in [0.25, 0.3) is 10.0 Å². The van der Waals surface area contributed by atoms with Crippen molar-refractivity contribution in [2.24, 2.45) is 0 Å².